The van der Waals surface area contributed by atoms with Crippen molar-refractivity contribution >= 4 is 5.91 Å². The summed E-state index contributed by atoms with van der Waals surface area (Å²) < 4.78 is 2.18. The number of hydrogen-bond donors (Lipinski definition) is 1. The molecule has 1 N–H and O–H groups in total. The molecule has 1 aromatic rings. The Morgan fingerprint density at radius 1 is 1.29 bits per heavy atom. The summed E-state index contributed by atoms with van der Waals surface area (Å²) in [7, 11) is 2.89. The number of aryl methyl sites for hydroxylation is 1. The molecule has 21 heavy (non-hydrogen) atoms. The van der Waals surface area contributed by atoms with E-state index in [0.29, 0.717) is 6.54 Å². The molecule has 1 heterocycles. The minimum absolute atomic E-state index is 0.00257. The zero-order valence-electron chi connectivity index (χ0n) is 12.5. The Hall–Kier alpha value is -2.11. The van der Waals surface area contributed by atoms with E-state index in [4.69, 9.17) is 0 Å². The maximum Gasteiger partial charge on any atom is 0.330 e. The average molecular weight is 291 g/mol. The van der Waals surface area contributed by atoms with Crippen molar-refractivity contribution in [2.75, 3.05) is 6.54 Å². The first kappa shape index (κ1) is 15.3. The fourth-order valence-electron chi connectivity index (χ4n) is 2.53. The zero-order valence-corrected chi connectivity index (χ0v) is 12.5. The molecular weight excluding hydrogens is 270 g/mol. The zero-order chi connectivity index (χ0) is 15.4. The van der Waals surface area contributed by atoms with E-state index in [1.165, 1.54) is 43.3 Å². The molecule has 1 aliphatic rings. The summed E-state index contributed by atoms with van der Waals surface area (Å²) >= 11 is 0. The van der Waals surface area contributed by atoms with Gasteiger partial charge in [0.05, 0.1) is 0 Å². The van der Waals surface area contributed by atoms with Crippen LogP contribution in [0.4, 0.5) is 0 Å². The third kappa shape index (κ3) is 3.51. The lowest BCUT2D eigenvalue weighted by atomic mass is 9.97. The van der Waals surface area contributed by atoms with Gasteiger partial charge in [0.15, 0.2) is 0 Å². The highest BCUT2D eigenvalue weighted by atomic mass is 16.2. The lowest BCUT2D eigenvalue weighted by Gasteiger charge is -2.13. The fraction of sp³-hybridized carbons (Fsp3) is 0.533. The summed E-state index contributed by atoms with van der Waals surface area (Å²) in [6.45, 7) is 0.511. The molecule has 0 saturated carbocycles. The van der Waals surface area contributed by atoms with Gasteiger partial charge >= 0.3 is 5.69 Å². The van der Waals surface area contributed by atoms with Crippen molar-refractivity contribution in [3.63, 3.8) is 0 Å². The van der Waals surface area contributed by atoms with Gasteiger partial charge in [-0.2, -0.15) is 0 Å². The number of allylic oxidation sites excluding steroid dienone is 1. The van der Waals surface area contributed by atoms with Gasteiger partial charge in [-0.15, -0.1) is 0 Å². The van der Waals surface area contributed by atoms with Crippen molar-refractivity contribution in [2.24, 2.45) is 14.1 Å². The molecule has 0 radical (unpaired) electrons. The molecule has 6 heteroatoms. The van der Waals surface area contributed by atoms with Crippen LogP contribution in [0.3, 0.4) is 0 Å². The van der Waals surface area contributed by atoms with Crippen molar-refractivity contribution in [1.29, 1.82) is 0 Å². The highest BCUT2D eigenvalue weighted by Gasteiger charge is 2.14. The van der Waals surface area contributed by atoms with Gasteiger partial charge in [0.1, 0.15) is 5.56 Å². The SMILES string of the molecule is Cn1cc(C(=O)NCCC2=CCCCC2)c(=O)n(C)c1=O. The maximum atomic E-state index is 12.1. The van der Waals surface area contributed by atoms with Crippen molar-refractivity contribution in [3.8, 4) is 0 Å². The van der Waals surface area contributed by atoms with Crippen molar-refractivity contribution in [3.05, 3.63) is 44.2 Å². The second kappa shape index (κ2) is 6.56. The fourth-order valence-corrected chi connectivity index (χ4v) is 2.53. The molecule has 0 spiro atoms. The van der Waals surface area contributed by atoms with Crippen LogP contribution in [0.2, 0.25) is 0 Å². The molecule has 0 aliphatic heterocycles. The smallest absolute Gasteiger partial charge is 0.330 e. The van der Waals surface area contributed by atoms with Gasteiger partial charge in [-0.25, -0.2) is 4.79 Å². The van der Waals surface area contributed by atoms with E-state index in [2.05, 4.69) is 11.4 Å². The van der Waals surface area contributed by atoms with Crippen LogP contribution in [0.25, 0.3) is 0 Å². The van der Waals surface area contributed by atoms with Crippen LogP contribution in [-0.4, -0.2) is 21.6 Å². The van der Waals surface area contributed by atoms with Gasteiger partial charge < -0.3 is 9.88 Å². The summed E-state index contributed by atoms with van der Waals surface area (Å²) in [5.41, 5.74) is 0.364. The van der Waals surface area contributed by atoms with Crippen molar-refractivity contribution in [1.82, 2.24) is 14.5 Å². The van der Waals surface area contributed by atoms with E-state index in [9.17, 15) is 14.4 Å². The van der Waals surface area contributed by atoms with E-state index >= 15 is 0 Å². The van der Waals surface area contributed by atoms with E-state index in [0.717, 1.165) is 23.8 Å². The first-order chi connectivity index (χ1) is 10.0. The second-order valence-electron chi connectivity index (χ2n) is 5.41. The van der Waals surface area contributed by atoms with Crippen LogP contribution in [0.15, 0.2) is 27.4 Å². The molecule has 0 unspecified atom stereocenters. The van der Waals surface area contributed by atoms with Crippen molar-refractivity contribution < 1.29 is 4.79 Å². The highest BCUT2D eigenvalue weighted by molar-refractivity contribution is 5.93. The Labute approximate surface area is 123 Å². The maximum absolute atomic E-state index is 12.1. The summed E-state index contributed by atoms with van der Waals surface area (Å²) in [5.74, 6) is -0.428. The number of nitrogens with zero attached hydrogens (tertiary/aromatic N) is 2. The van der Waals surface area contributed by atoms with Gasteiger partial charge in [-0.05, 0) is 32.1 Å². The van der Waals surface area contributed by atoms with Crippen LogP contribution < -0.4 is 16.6 Å². The Kier molecular flexibility index (Phi) is 4.77. The van der Waals surface area contributed by atoms with Crippen LogP contribution in [-0.2, 0) is 14.1 Å². The van der Waals surface area contributed by atoms with Gasteiger partial charge in [0.2, 0.25) is 0 Å². The average Bonchev–Trinajstić information content (AvgIpc) is 2.49. The number of rotatable bonds is 4. The molecular formula is C15H21N3O3. The van der Waals surface area contributed by atoms with Crippen LogP contribution in [0.1, 0.15) is 42.5 Å². The van der Waals surface area contributed by atoms with Gasteiger partial charge in [0.25, 0.3) is 11.5 Å². The van der Waals surface area contributed by atoms with Crippen LogP contribution in [0, 0.1) is 0 Å². The van der Waals surface area contributed by atoms with Gasteiger partial charge in [0, 0.05) is 26.8 Å². The Morgan fingerprint density at radius 2 is 2.05 bits per heavy atom. The third-order valence-corrected chi connectivity index (χ3v) is 3.81. The molecule has 0 bridgehead atoms. The molecule has 0 atom stereocenters. The first-order valence-electron chi connectivity index (χ1n) is 7.23. The number of carbonyl (C=O) groups is 1. The first-order valence-corrected chi connectivity index (χ1v) is 7.23. The van der Waals surface area contributed by atoms with Crippen molar-refractivity contribution in [2.45, 2.75) is 32.1 Å². The van der Waals surface area contributed by atoms with E-state index in [-0.39, 0.29) is 5.56 Å². The second-order valence-corrected chi connectivity index (χ2v) is 5.41. The Morgan fingerprint density at radius 3 is 2.71 bits per heavy atom. The molecule has 0 saturated heterocycles. The normalized spacial score (nSPS) is 14.7. The highest BCUT2D eigenvalue weighted by Crippen LogP contribution is 2.19. The molecule has 1 amide bonds. The van der Waals surface area contributed by atoms with E-state index in [1.807, 2.05) is 0 Å². The number of nitrogens with one attached hydrogen (secondary N) is 1. The van der Waals surface area contributed by atoms with Gasteiger partial charge in [-0.3, -0.25) is 14.2 Å². The molecule has 0 fully saturated rings. The van der Waals surface area contributed by atoms with Crippen LogP contribution in [0.5, 0.6) is 0 Å². The number of aromatic nitrogens is 2. The number of carbonyl (C=O) groups excluding carboxylic acids is 1. The minimum atomic E-state index is -0.563. The minimum Gasteiger partial charge on any atom is -0.351 e. The predicted octanol–water partition coefficient (Wildman–Crippen LogP) is 0.704. The monoisotopic (exact) mass is 291 g/mol. The largest absolute Gasteiger partial charge is 0.351 e. The predicted molar refractivity (Wildman–Crippen MR) is 80.4 cm³/mol. The summed E-state index contributed by atoms with van der Waals surface area (Å²) in [6.07, 6.45) is 9.01. The molecule has 1 aliphatic carbocycles. The number of hydrogen-bond acceptors (Lipinski definition) is 3. The lowest BCUT2D eigenvalue weighted by molar-refractivity contribution is 0.0951. The topological polar surface area (TPSA) is 73.1 Å². The molecule has 114 valence electrons. The quantitative estimate of drug-likeness (QED) is 0.830. The lowest BCUT2D eigenvalue weighted by Crippen LogP contribution is -2.42. The molecule has 1 aromatic heterocycles. The van der Waals surface area contributed by atoms with Crippen LogP contribution >= 0.6 is 0 Å². The Bertz CT molecular complexity index is 682. The van der Waals surface area contributed by atoms with E-state index < -0.39 is 17.2 Å². The summed E-state index contributed by atoms with van der Waals surface area (Å²) in [5, 5.41) is 2.75. The molecule has 6 nitrogen and oxygen atoms in total. The Balaban J connectivity index is 2.02. The third-order valence-electron chi connectivity index (χ3n) is 3.81. The van der Waals surface area contributed by atoms with E-state index in [1.54, 1.807) is 0 Å². The summed E-state index contributed by atoms with van der Waals surface area (Å²) in [6, 6.07) is 0. The van der Waals surface area contributed by atoms with Gasteiger partial charge in [-0.1, -0.05) is 11.6 Å². The number of amides is 1. The molecule has 0 aromatic carbocycles. The molecule has 2 rings (SSSR count). The summed E-state index contributed by atoms with van der Waals surface area (Å²) in [4.78, 5) is 35.6. The standard InChI is InChI=1S/C15H21N3O3/c1-17-10-12(14(20)18(2)15(17)21)13(19)16-9-8-11-6-4-3-5-7-11/h6,10H,3-5,7-9H2,1-2H3,(H,16,19).